The van der Waals surface area contributed by atoms with Crippen molar-refractivity contribution in [3.8, 4) is 11.5 Å². The lowest BCUT2D eigenvalue weighted by Gasteiger charge is -2.40. The molecule has 0 aliphatic heterocycles. The van der Waals surface area contributed by atoms with E-state index in [1.807, 2.05) is 0 Å². The number of carbonyl (C=O) groups is 3. The highest BCUT2D eigenvalue weighted by molar-refractivity contribution is 8.45. The van der Waals surface area contributed by atoms with Gasteiger partial charge in [0, 0.05) is 17.8 Å². The molecule has 2 amide bonds. The van der Waals surface area contributed by atoms with Gasteiger partial charge in [0.2, 0.25) is 5.91 Å². The maximum absolute atomic E-state index is 15.0. The molecular formula is C30H33F7N2O6S. The number of aliphatic carboxylic acids is 1. The van der Waals surface area contributed by atoms with Crippen molar-refractivity contribution in [1.29, 1.82) is 0 Å². The summed E-state index contributed by atoms with van der Waals surface area (Å²) in [4.78, 5) is 35.7. The van der Waals surface area contributed by atoms with E-state index in [1.54, 1.807) is 6.92 Å². The number of carboxylic acids is 1. The number of anilines is 1. The first-order valence-corrected chi connectivity index (χ1v) is 16.6. The van der Waals surface area contributed by atoms with Crippen LogP contribution < -0.4 is 20.1 Å². The Morgan fingerprint density at radius 1 is 0.913 bits per heavy atom. The number of nitrogens with one attached hydrogen (secondary N) is 2. The summed E-state index contributed by atoms with van der Waals surface area (Å²) in [5, 5.41) is 14.4. The zero-order valence-corrected chi connectivity index (χ0v) is 25.6. The molecule has 4 atom stereocenters. The Hall–Kier alpha value is -3.69. The van der Waals surface area contributed by atoms with Gasteiger partial charge in [0.05, 0.1) is 30.1 Å². The fourth-order valence-corrected chi connectivity index (χ4v) is 7.71. The first-order chi connectivity index (χ1) is 21.2. The third-order valence-corrected chi connectivity index (χ3v) is 10.6. The van der Waals surface area contributed by atoms with Crippen LogP contribution in [-0.2, 0) is 9.59 Å². The second kappa shape index (κ2) is 10.9. The number of fused-ring (bicyclic) bond motifs is 2. The zero-order chi connectivity index (χ0) is 33.9. The molecule has 3 aliphatic carbocycles. The molecular weight excluding hydrogens is 649 g/mol. The standard InChI is InChI=1S/C30H33F7N2O6S/c1-30(29(42)43)9-7-18(8-10-30)45-23-13-19(22(44-2)14-21(23)32)27(40)39-26-16-4-3-15(11-16)25(26)28(41)38-17-5-6-20(31)24(12-17)46(33,34,35,36)37/h5-6,12-16,18,25-26H,3-4,7-11H2,1-2H3,(H,38,41)(H,39,40)(H,42,43)/t15-,16+,18-,25?,26+,30+/m1/s1. The summed E-state index contributed by atoms with van der Waals surface area (Å²) in [6.45, 7) is 1.63. The number of rotatable bonds is 9. The molecule has 0 heterocycles. The molecule has 2 aromatic carbocycles. The van der Waals surface area contributed by atoms with Crippen molar-refractivity contribution < 1.29 is 57.2 Å². The van der Waals surface area contributed by atoms with Crippen LogP contribution in [0, 0.1) is 34.8 Å². The van der Waals surface area contributed by atoms with Crippen LogP contribution in [-0.4, -0.2) is 42.1 Å². The molecule has 0 spiro atoms. The minimum absolute atomic E-state index is 0.119. The lowest BCUT2D eigenvalue weighted by Crippen LogP contribution is -2.48. The van der Waals surface area contributed by atoms with Gasteiger partial charge >= 0.3 is 16.2 Å². The molecule has 0 radical (unpaired) electrons. The zero-order valence-electron chi connectivity index (χ0n) is 24.8. The number of methoxy groups -OCH3 is 1. The van der Waals surface area contributed by atoms with Crippen molar-refractivity contribution in [3.63, 3.8) is 0 Å². The van der Waals surface area contributed by atoms with Crippen LogP contribution in [0.2, 0.25) is 0 Å². The van der Waals surface area contributed by atoms with Crippen LogP contribution >= 0.6 is 10.2 Å². The average molecular weight is 683 g/mol. The van der Waals surface area contributed by atoms with Gasteiger partial charge < -0.3 is 25.2 Å². The van der Waals surface area contributed by atoms with E-state index in [9.17, 15) is 47.7 Å². The molecule has 1 unspecified atom stereocenters. The van der Waals surface area contributed by atoms with Gasteiger partial charge in [0.25, 0.3) is 5.91 Å². The van der Waals surface area contributed by atoms with Gasteiger partial charge in [-0.1, -0.05) is 19.4 Å². The number of hydrogen-bond acceptors (Lipinski definition) is 5. The summed E-state index contributed by atoms with van der Waals surface area (Å²) in [5.74, 6) is -7.32. The third-order valence-electron chi connectivity index (χ3n) is 9.48. The minimum Gasteiger partial charge on any atom is -0.496 e. The van der Waals surface area contributed by atoms with E-state index in [1.165, 1.54) is 7.11 Å². The number of carbonyl (C=O) groups excluding carboxylic acids is 2. The quantitative estimate of drug-likeness (QED) is 0.233. The molecule has 0 aromatic heterocycles. The molecule has 254 valence electrons. The highest BCUT2D eigenvalue weighted by atomic mass is 32.5. The van der Waals surface area contributed by atoms with E-state index in [0.29, 0.717) is 44.9 Å². The molecule has 3 fully saturated rings. The summed E-state index contributed by atoms with van der Waals surface area (Å²) >= 11 is 0. The molecule has 2 aromatic rings. The van der Waals surface area contributed by atoms with Crippen molar-refractivity contribution in [2.75, 3.05) is 12.4 Å². The van der Waals surface area contributed by atoms with Crippen LogP contribution in [0.25, 0.3) is 0 Å². The van der Waals surface area contributed by atoms with Gasteiger partial charge in [-0.05, 0) is 88.0 Å². The number of halogens is 7. The molecule has 5 rings (SSSR count). The van der Waals surface area contributed by atoms with Crippen molar-refractivity contribution in [1.82, 2.24) is 5.32 Å². The van der Waals surface area contributed by atoms with Crippen LogP contribution in [0.3, 0.4) is 0 Å². The molecule has 3 saturated carbocycles. The normalized spacial score (nSPS) is 28.9. The summed E-state index contributed by atoms with van der Waals surface area (Å²) < 4.78 is 107. The second-order valence-electron chi connectivity index (χ2n) is 12.6. The Kier molecular flexibility index (Phi) is 8.01. The molecule has 3 N–H and O–H groups in total. The summed E-state index contributed by atoms with van der Waals surface area (Å²) in [6.07, 6.45) is 2.53. The minimum atomic E-state index is -10.4. The van der Waals surface area contributed by atoms with Crippen molar-refractivity contribution >= 4 is 33.7 Å². The number of amides is 2. The first-order valence-electron chi connectivity index (χ1n) is 14.6. The van der Waals surface area contributed by atoms with E-state index in [-0.39, 0.29) is 41.0 Å². The lowest BCUT2D eigenvalue weighted by atomic mass is 9.75. The van der Waals surface area contributed by atoms with Gasteiger partial charge in [-0.3, -0.25) is 14.4 Å². The fourth-order valence-electron chi connectivity index (χ4n) is 6.92. The number of hydrogen-bond donors (Lipinski definition) is 3. The van der Waals surface area contributed by atoms with Crippen molar-refractivity contribution in [2.24, 2.45) is 23.2 Å². The van der Waals surface area contributed by atoms with Gasteiger partial charge in [-0.2, -0.15) is 0 Å². The summed E-state index contributed by atoms with van der Waals surface area (Å²) in [5.41, 5.74) is -1.72. The predicted octanol–water partition coefficient (Wildman–Crippen LogP) is 7.83. The predicted molar refractivity (Wildman–Crippen MR) is 154 cm³/mol. The maximum atomic E-state index is 15.0. The SMILES string of the molecule is COc1cc(F)c(O[C@H]2CC[C@@](C)(C(=O)O)CC2)cc1C(=O)N[C@@H]1C(C(=O)Nc2ccc(F)c(S(F)(F)(F)(F)F)c2)[C@@H]2CC[C@H]1C2. The molecule has 16 heteroatoms. The van der Waals surface area contributed by atoms with E-state index in [0.717, 1.165) is 18.2 Å². The monoisotopic (exact) mass is 682 g/mol. The maximum Gasteiger partial charge on any atom is 0.313 e. The van der Waals surface area contributed by atoms with Crippen molar-refractivity contribution in [2.45, 2.75) is 68.9 Å². The average Bonchev–Trinajstić information content (AvgIpc) is 3.56. The largest absolute Gasteiger partial charge is 0.496 e. The fraction of sp³-hybridized carbons (Fsp3) is 0.500. The second-order valence-corrected chi connectivity index (χ2v) is 15.0. The Labute approximate surface area is 259 Å². The Morgan fingerprint density at radius 2 is 1.57 bits per heavy atom. The van der Waals surface area contributed by atoms with E-state index < -0.39 is 73.7 Å². The van der Waals surface area contributed by atoms with E-state index >= 15 is 0 Å². The van der Waals surface area contributed by atoms with E-state index in [2.05, 4.69) is 10.6 Å². The molecule has 3 aliphatic rings. The number of carboxylic acid groups (broad SMARTS) is 1. The molecule has 46 heavy (non-hydrogen) atoms. The molecule has 8 nitrogen and oxygen atoms in total. The highest BCUT2D eigenvalue weighted by Gasteiger charge is 2.67. The smallest absolute Gasteiger partial charge is 0.313 e. The van der Waals surface area contributed by atoms with Crippen LogP contribution in [0.1, 0.15) is 62.2 Å². The topological polar surface area (TPSA) is 114 Å². The van der Waals surface area contributed by atoms with Gasteiger partial charge in [0.1, 0.15) is 16.5 Å². The Morgan fingerprint density at radius 3 is 2.17 bits per heavy atom. The van der Waals surface area contributed by atoms with Crippen LogP contribution in [0.4, 0.5) is 33.9 Å². The van der Waals surface area contributed by atoms with Crippen LogP contribution in [0.5, 0.6) is 11.5 Å². The van der Waals surface area contributed by atoms with Gasteiger partial charge in [-0.25, -0.2) is 8.78 Å². The van der Waals surface area contributed by atoms with Crippen molar-refractivity contribution in [3.05, 3.63) is 47.5 Å². The number of ether oxygens (including phenoxy) is 2. The summed E-state index contributed by atoms with van der Waals surface area (Å²) in [6, 6.07) is 2.09. The third kappa shape index (κ3) is 6.72. The number of benzene rings is 2. The van der Waals surface area contributed by atoms with E-state index in [4.69, 9.17) is 9.47 Å². The van der Waals surface area contributed by atoms with Gasteiger partial charge in [0.15, 0.2) is 11.6 Å². The first kappa shape index (κ1) is 33.7. The molecule has 2 bridgehead atoms. The molecule has 0 saturated heterocycles. The van der Waals surface area contributed by atoms with Gasteiger partial charge in [-0.15, -0.1) is 0 Å². The summed E-state index contributed by atoms with van der Waals surface area (Å²) in [7, 11) is -9.18. The Balaban J connectivity index is 1.34. The Bertz CT molecular complexity index is 1580. The highest BCUT2D eigenvalue weighted by Crippen LogP contribution is 3.02. The lowest BCUT2D eigenvalue weighted by molar-refractivity contribution is -0.150. The van der Waals surface area contributed by atoms with Crippen LogP contribution in [0.15, 0.2) is 35.2 Å².